The zero-order valence-electron chi connectivity index (χ0n) is 13.8. The van der Waals surface area contributed by atoms with Gasteiger partial charge in [0.15, 0.2) is 0 Å². The van der Waals surface area contributed by atoms with E-state index >= 15 is 0 Å². The maximum Gasteiger partial charge on any atom is 0.228 e. The van der Waals surface area contributed by atoms with E-state index in [-0.39, 0.29) is 12.0 Å². The van der Waals surface area contributed by atoms with Crippen LogP contribution in [0.25, 0.3) is 0 Å². The predicted molar refractivity (Wildman–Crippen MR) is 92.2 cm³/mol. The molecule has 0 aliphatic heterocycles. The van der Waals surface area contributed by atoms with Crippen LogP contribution in [0.15, 0.2) is 48.5 Å². The van der Waals surface area contributed by atoms with Crippen LogP contribution in [0, 0.1) is 0 Å². The molecule has 0 radical (unpaired) electrons. The largest absolute Gasteiger partial charge is 0.494 e. The molecule has 1 N–H and O–H groups in total. The molecule has 1 amide bonds. The zero-order chi connectivity index (χ0) is 16.7. The van der Waals surface area contributed by atoms with Crippen LogP contribution >= 0.6 is 0 Å². The zero-order valence-corrected chi connectivity index (χ0v) is 13.8. The number of carbonyl (C=O) groups excluding carboxylic acids is 1. The first-order chi connectivity index (χ1) is 11.1. The number of benzene rings is 2. The first-order valence-electron chi connectivity index (χ1n) is 7.85. The second-order valence-electron chi connectivity index (χ2n) is 5.46. The van der Waals surface area contributed by atoms with Gasteiger partial charge in [0, 0.05) is 0 Å². The number of anilines is 1. The summed E-state index contributed by atoms with van der Waals surface area (Å²) in [4.78, 5) is 12.2. The Hall–Kier alpha value is -2.49. The van der Waals surface area contributed by atoms with Crippen LogP contribution in [-0.4, -0.2) is 18.6 Å². The van der Waals surface area contributed by atoms with Gasteiger partial charge in [-0.25, -0.2) is 0 Å². The van der Waals surface area contributed by atoms with Gasteiger partial charge in [0.1, 0.15) is 11.5 Å². The third-order valence-electron chi connectivity index (χ3n) is 3.12. The number of amides is 1. The second-order valence-corrected chi connectivity index (χ2v) is 5.46. The van der Waals surface area contributed by atoms with Crippen molar-refractivity contribution in [1.29, 1.82) is 0 Å². The summed E-state index contributed by atoms with van der Waals surface area (Å²) in [6.07, 6.45) is 0.363. The van der Waals surface area contributed by atoms with Crippen LogP contribution < -0.4 is 14.8 Å². The molecule has 0 atom stereocenters. The van der Waals surface area contributed by atoms with Gasteiger partial charge in [-0.05, 0) is 50.6 Å². The summed E-state index contributed by atoms with van der Waals surface area (Å²) < 4.78 is 11.1. The molecule has 4 nitrogen and oxygen atoms in total. The highest BCUT2D eigenvalue weighted by atomic mass is 16.5. The fourth-order valence-corrected chi connectivity index (χ4v) is 2.18. The average Bonchev–Trinajstić information content (AvgIpc) is 2.51. The quantitative estimate of drug-likeness (QED) is 0.838. The van der Waals surface area contributed by atoms with E-state index in [1.165, 1.54) is 0 Å². The molecule has 0 saturated carbocycles. The molecule has 0 unspecified atom stereocenters. The SMILES string of the molecule is CCOc1ccc(CC(=O)Nc2ccccc2OC(C)C)cc1. The molecule has 122 valence electrons. The monoisotopic (exact) mass is 313 g/mol. The Labute approximate surface area is 137 Å². The molecule has 0 aliphatic rings. The lowest BCUT2D eigenvalue weighted by molar-refractivity contribution is -0.115. The first-order valence-corrected chi connectivity index (χ1v) is 7.85. The topological polar surface area (TPSA) is 47.6 Å². The summed E-state index contributed by atoms with van der Waals surface area (Å²) in [5, 5.41) is 2.91. The maximum atomic E-state index is 12.2. The van der Waals surface area contributed by atoms with Gasteiger partial charge < -0.3 is 14.8 Å². The van der Waals surface area contributed by atoms with Gasteiger partial charge in [-0.1, -0.05) is 24.3 Å². The molecule has 0 fully saturated rings. The van der Waals surface area contributed by atoms with Gasteiger partial charge in [0.25, 0.3) is 0 Å². The van der Waals surface area contributed by atoms with Gasteiger partial charge in [0.05, 0.1) is 24.8 Å². The van der Waals surface area contributed by atoms with E-state index in [1.54, 1.807) is 0 Å². The van der Waals surface area contributed by atoms with E-state index in [1.807, 2.05) is 69.3 Å². The molecule has 0 aromatic heterocycles. The van der Waals surface area contributed by atoms with Crippen molar-refractivity contribution in [3.05, 3.63) is 54.1 Å². The van der Waals surface area contributed by atoms with Crippen molar-refractivity contribution in [3.8, 4) is 11.5 Å². The first kappa shape index (κ1) is 16.9. The van der Waals surface area contributed by atoms with Crippen LogP contribution in [0.4, 0.5) is 5.69 Å². The minimum atomic E-state index is -0.0750. The number of hydrogen-bond donors (Lipinski definition) is 1. The molecule has 2 aromatic rings. The van der Waals surface area contributed by atoms with Crippen molar-refractivity contribution in [3.63, 3.8) is 0 Å². The molecule has 0 aliphatic carbocycles. The number of hydrogen-bond acceptors (Lipinski definition) is 3. The highest BCUT2D eigenvalue weighted by molar-refractivity contribution is 5.93. The van der Waals surface area contributed by atoms with E-state index in [2.05, 4.69) is 5.32 Å². The molecule has 0 saturated heterocycles. The fraction of sp³-hybridized carbons (Fsp3) is 0.316. The van der Waals surface area contributed by atoms with E-state index in [0.717, 1.165) is 11.3 Å². The second kappa shape index (κ2) is 8.22. The molecule has 0 bridgehead atoms. The van der Waals surface area contributed by atoms with Crippen molar-refractivity contribution in [2.24, 2.45) is 0 Å². The highest BCUT2D eigenvalue weighted by Crippen LogP contribution is 2.25. The van der Waals surface area contributed by atoms with Gasteiger partial charge in [0.2, 0.25) is 5.91 Å². The molecule has 2 aromatic carbocycles. The molecular formula is C19H23NO3. The molecule has 4 heteroatoms. The number of carbonyl (C=O) groups is 1. The molecule has 0 heterocycles. The summed E-state index contributed by atoms with van der Waals surface area (Å²) in [6.45, 7) is 6.49. The van der Waals surface area contributed by atoms with Crippen molar-refractivity contribution < 1.29 is 14.3 Å². The van der Waals surface area contributed by atoms with Crippen LogP contribution in [0.3, 0.4) is 0 Å². The third-order valence-corrected chi connectivity index (χ3v) is 3.12. The lowest BCUT2D eigenvalue weighted by Gasteiger charge is -2.14. The summed E-state index contributed by atoms with van der Waals surface area (Å²) >= 11 is 0. The smallest absolute Gasteiger partial charge is 0.228 e. The Bertz CT molecular complexity index is 635. The summed E-state index contributed by atoms with van der Waals surface area (Å²) in [5.41, 5.74) is 1.63. The van der Waals surface area contributed by atoms with Gasteiger partial charge in [-0.2, -0.15) is 0 Å². The number of para-hydroxylation sites is 2. The van der Waals surface area contributed by atoms with E-state index < -0.39 is 0 Å². The Kier molecular flexibility index (Phi) is 6.03. The maximum absolute atomic E-state index is 12.2. The predicted octanol–water partition coefficient (Wildman–Crippen LogP) is 4.05. The third kappa shape index (κ3) is 5.33. The summed E-state index contributed by atoms with van der Waals surface area (Å²) in [5.74, 6) is 1.42. The summed E-state index contributed by atoms with van der Waals surface area (Å²) in [7, 11) is 0. The standard InChI is InChI=1S/C19H23NO3/c1-4-22-16-11-9-15(10-12-16)13-19(21)20-17-7-5-6-8-18(17)23-14(2)3/h5-12,14H,4,13H2,1-3H3,(H,20,21). The summed E-state index contributed by atoms with van der Waals surface area (Å²) in [6, 6.07) is 15.0. The Morgan fingerprint density at radius 1 is 1.09 bits per heavy atom. The number of ether oxygens (including phenoxy) is 2. The van der Waals surface area contributed by atoms with Crippen molar-refractivity contribution in [1.82, 2.24) is 0 Å². The van der Waals surface area contributed by atoms with E-state index in [0.29, 0.717) is 24.5 Å². The lowest BCUT2D eigenvalue weighted by atomic mass is 10.1. The highest BCUT2D eigenvalue weighted by Gasteiger charge is 2.09. The Morgan fingerprint density at radius 3 is 2.43 bits per heavy atom. The fourth-order valence-electron chi connectivity index (χ4n) is 2.18. The van der Waals surface area contributed by atoms with E-state index in [9.17, 15) is 4.79 Å². The van der Waals surface area contributed by atoms with E-state index in [4.69, 9.17) is 9.47 Å². The van der Waals surface area contributed by atoms with Crippen LogP contribution in [0.5, 0.6) is 11.5 Å². The van der Waals surface area contributed by atoms with Crippen LogP contribution in [0.2, 0.25) is 0 Å². The molecule has 23 heavy (non-hydrogen) atoms. The average molecular weight is 313 g/mol. The lowest BCUT2D eigenvalue weighted by Crippen LogP contribution is -2.16. The Balaban J connectivity index is 1.99. The molecular weight excluding hydrogens is 290 g/mol. The van der Waals surface area contributed by atoms with Crippen LogP contribution in [-0.2, 0) is 11.2 Å². The molecule has 0 spiro atoms. The van der Waals surface area contributed by atoms with Gasteiger partial charge in [-0.3, -0.25) is 4.79 Å². The number of rotatable bonds is 7. The van der Waals surface area contributed by atoms with Crippen molar-refractivity contribution in [2.45, 2.75) is 33.3 Å². The molecule has 2 rings (SSSR count). The van der Waals surface area contributed by atoms with Crippen molar-refractivity contribution in [2.75, 3.05) is 11.9 Å². The van der Waals surface area contributed by atoms with Crippen LogP contribution in [0.1, 0.15) is 26.3 Å². The van der Waals surface area contributed by atoms with Crippen molar-refractivity contribution >= 4 is 11.6 Å². The van der Waals surface area contributed by atoms with Gasteiger partial charge in [-0.15, -0.1) is 0 Å². The minimum Gasteiger partial charge on any atom is -0.494 e. The minimum absolute atomic E-state index is 0.0548. The number of nitrogens with one attached hydrogen (secondary N) is 1. The normalized spacial score (nSPS) is 10.4. The van der Waals surface area contributed by atoms with Gasteiger partial charge >= 0.3 is 0 Å². The Morgan fingerprint density at radius 2 is 1.78 bits per heavy atom.